The summed E-state index contributed by atoms with van der Waals surface area (Å²) in [5, 5.41) is 10.2. The molecule has 84 valence electrons. The Bertz CT molecular complexity index is 264. The van der Waals surface area contributed by atoms with E-state index in [0.29, 0.717) is 6.04 Å². The van der Waals surface area contributed by atoms with Gasteiger partial charge in [0.05, 0.1) is 6.17 Å². The van der Waals surface area contributed by atoms with E-state index < -0.39 is 0 Å². The molecule has 0 radical (unpaired) electrons. The molecule has 2 heterocycles. The van der Waals surface area contributed by atoms with Crippen molar-refractivity contribution in [3.8, 4) is 0 Å². The normalized spacial score (nSPS) is 32.3. The van der Waals surface area contributed by atoms with Crippen LogP contribution in [-0.4, -0.2) is 31.3 Å². The van der Waals surface area contributed by atoms with Crippen molar-refractivity contribution < 1.29 is 0 Å². The van der Waals surface area contributed by atoms with Crippen molar-refractivity contribution in [2.75, 3.05) is 13.1 Å². The van der Waals surface area contributed by atoms with Gasteiger partial charge in [0.15, 0.2) is 0 Å². The van der Waals surface area contributed by atoms with E-state index >= 15 is 0 Å². The molecule has 0 amide bonds. The highest BCUT2D eigenvalue weighted by molar-refractivity contribution is 5.27. The lowest BCUT2D eigenvalue weighted by Gasteiger charge is -2.24. The fourth-order valence-electron chi connectivity index (χ4n) is 1.93. The maximum absolute atomic E-state index is 5.79. The van der Waals surface area contributed by atoms with Gasteiger partial charge in [0.2, 0.25) is 0 Å². The first-order chi connectivity index (χ1) is 7.25. The molecule has 2 unspecified atom stereocenters. The summed E-state index contributed by atoms with van der Waals surface area (Å²) in [6, 6.07) is 0.681. The maximum Gasteiger partial charge on any atom is 0.0962 e. The van der Waals surface area contributed by atoms with Gasteiger partial charge in [0.1, 0.15) is 0 Å². The molecule has 2 aliphatic heterocycles. The van der Waals surface area contributed by atoms with Crippen molar-refractivity contribution in [1.82, 2.24) is 16.0 Å². The van der Waals surface area contributed by atoms with Crippen LogP contribution in [0.3, 0.4) is 0 Å². The van der Waals surface area contributed by atoms with Gasteiger partial charge in [-0.1, -0.05) is 6.08 Å². The standard InChI is InChI=1S/C11H20N4/c1-8(12)9-2-3-11(14-6-9)15-10-4-5-13-7-10/h2-3,6,8,10-11,13-15H,4-5,7,12H2,1H3/t8?,10-,11?/m0/s1. The van der Waals surface area contributed by atoms with Crippen LogP contribution in [0.4, 0.5) is 0 Å². The predicted octanol–water partition coefficient (Wildman–Crippen LogP) is -0.345. The summed E-state index contributed by atoms with van der Waals surface area (Å²) in [5.74, 6) is 0. The third kappa shape index (κ3) is 2.81. The molecular formula is C11H20N4. The zero-order valence-corrected chi connectivity index (χ0v) is 9.16. The summed E-state index contributed by atoms with van der Waals surface area (Å²) in [7, 11) is 0. The van der Waals surface area contributed by atoms with E-state index in [4.69, 9.17) is 5.73 Å². The van der Waals surface area contributed by atoms with Gasteiger partial charge in [-0.05, 0) is 31.5 Å². The average Bonchev–Trinajstić information content (AvgIpc) is 2.71. The van der Waals surface area contributed by atoms with Crippen molar-refractivity contribution in [3.05, 3.63) is 23.9 Å². The first-order valence-corrected chi connectivity index (χ1v) is 5.62. The minimum Gasteiger partial charge on any atom is -0.372 e. The molecule has 0 aromatic carbocycles. The number of nitrogens with two attached hydrogens (primary N) is 1. The molecule has 0 aromatic rings. The first-order valence-electron chi connectivity index (χ1n) is 5.62. The molecule has 4 heteroatoms. The second kappa shape index (κ2) is 4.79. The molecule has 2 aliphatic rings. The predicted molar refractivity (Wildman–Crippen MR) is 62.2 cm³/mol. The van der Waals surface area contributed by atoms with Crippen LogP contribution in [0.2, 0.25) is 0 Å². The Morgan fingerprint density at radius 3 is 3.00 bits per heavy atom. The van der Waals surface area contributed by atoms with Crippen LogP contribution in [0.1, 0.15) is 13.3 Å². The molecule has 0 spiro atoms. The summed E-state index contributed by atoms with van der Waals surface area (Å²) >= 11 is 0. The van der Waals surface area contributed by atoms with Gasteiger partial charge in [-0.2, -0.15) is 0 Å². The molecule has 3 atom stereocenters. The number of hydrogen-bond acceptors (Lipinski definition) is 4. The van der Waals surface area contributed by atoms with Gasteiger partial charge in [0.25, 0.3) is 0 Å². The summed E-state index contributed by atoms with van der Waals surface area (Å²) in [6.07, 6.45) is 7.69. The van der Waals surface area contributed by atoms with Crippen LogP contribution in [0.25, 0.3) is 0 Å². The van der Waals surface area contributed by atoms with E-state index in [1.165, 1.54) is 6.42 Å². The summed E-state index contributed by atoms with van der Waals surface area (Å²) < 4.78 is 0. The van der Waals surface area contributed by atoms with Crippen LogP contribution >= 0.6 is 0 Å². The lowest BCUT2D eigenvalue weighted by atomic mass is 10.1. The van der Waals surface area contributed by atoms with E-state index in [1.54, 1.807) is 0 Å². The molecule has 1 fully saturated rings. The van der Waals surface area contributed by atoms with E-state index in [1.807, 2.05) is 13.1 Å². The highest BCUT2D eigenvalue weighted by Crippen LogP contribution is 2.07. The number of dihydropyridines is 1. The van der Waals surface area contributed by atoms with Crippen molar-refractivity contribution in [2.24, 2.45) is 5.73 Å². The molecular weight excluding hydrogens is 188 g/mol. The van der Waals surface area contributed by atoms with Crippen molar-refractivity contribution in [2.45, 2.75) is 31.6 Å². The Hall–Kier alpha value is -0.840. The second-order valence-corrected chi connectivity index (χ2v) is 4.29. The van der Waals surface area contributed by atoms with Crippen molar-refractivity contribution in [3.63, 3.8) is 0 Å². The van der Waals surface area contributed by atoms with Crippen molar-refractivity contribution >= 4 is 0 Å². The van der Waals surface area contributed by atoms with E-state index in [9.17, 15) is 0 Å². The fraction of sp³-hybridized carbons (Fsp3) is 0.636. The zero-order valence-electron chi connectivity index (χ0n) is 9.16. The summed E-state index contributed by atoms with van der Waals surface area (Å²) in [4.78, 5) is 0. The van der Waals surface area contributed by atoms with Crippen LogP contribution in [0.15, 0.2) is 23.9 Å². The lowest BCUT2D eigenvalue weighted by molar-refractivity contribution is 0.463. The van der Waals surface area contributed by atoms with Gasteiger partial charge < -0.3 is 16.4 Å². The van der Waals surface area contributed by atoms with E-state index in [0.717, 1.165) is 18.7 Å². The minimum atomic E-state index is 0.0999. The molecule has 5 N–H and O–H groups in total. The van der Waals surface area contributed by atoms with Gasteiger partial charge >= 0.3 is 0 Å². The smallest absolute Gasteiger partial charge is 0.0962 e. The number of hydrogen-bond donors (Lipinski definition) is 4. The molecule has 2 rings (SSSR count). The largest absolute Gasteiger partial charge is 0.372 e. The Kier molecular flexibility index (Phi) is 3.41. The molecule has 1 saturated heterocycles. The second-order valence-electron chi connectivity index (χ2n) is 4.29. The quantitative estimate of drug-likeness (QED) is 0.512. The SMILES string of the molecule is CC(N)C1=CNC(N[C@H]2CCNC2)C=C1. The van der Waals surface area contributed by atoms with Crippen LogP contribution in [0, 0.1) is 0 Å². The molecule has 0 aromatic heterocycles. The lowest BCUT2D eigenvalue weighted by Crippen LogP contribution is -2.46. The zero-order chi connectivity index (χ0) is 10.7. The summed E-state index contributed by atoms with van der Waals surface area (Å²) in [5.41, 5.74) is 6.94. The fourth-order valence-corrected chi connectivity index (χ4v) is 1.93. The Balaban J connectivity index is 1.81. The topological polar surface area (TPSA) is 62.1 Å². The molecule has 0 bridgehead atoms. The average molecular weight is 208 g/mol. The minimum absolute atomic E-state index is 0.0999. The highest BCUT2D eigenvalue weighted by Gasteiger charge is 2.18. The number of rotatable bonds is 3. The van der Waals surface area contributed by atoms with Gasteiger partial charge in [-0.3, -0.25) is 5.32 Å². The van der Waals surface area contributed by atoms with E-state index in [-0.39, 0.29) is 12.2 Å². The van der Waals surface area contributed by atoms with E-state index in [2.05, 4.69) is 28.1 Å². The molecule has 15 heavy (non-hydrogen) atoms. The third-order valence-electron chi connectivity index (χ3n) is 2.91. The first kappa shape index (κ1) is 10.7. The Morgan fingerprint density at radius 1 is 1.60 bits per heavy atom. The maximum atomic E-state index is 5.79. The Labute approximate surface area is 91.0 Å². The van der Waals surface area contributed by atoms with Gasteiger partial charge in [0, 0.05) is 24.8 Å². The molecule has 4 nitrogen and oxygen atoms in total. The van der Waals surface area contributed by atoms with Crippen LogP contribution in [0.5, 0.6) is 0 Å². The van der Waals surface area contributed by atoms with Crippen LogP contribution in [-0.2, 0) is 0 Å². The van der Waals surface area contributed by atoms with Gasteiger partial charge in [-0.25, -0.2) is 0 Å². The Morgan fingerprint density at radius 2 is 2.47 bits per heavy atom. The third-order valence-corrected chi connectivity index (χ3v) is 2.91. The monoisotopic (exact) mass is 208 g/mol. The number of nitrogens with one attached hydrogen (secondary N) is 3. The highest BCUT2D eigenvalue weighted by atomic mass is 15.2. The van der Waals surface area contributed by atoms with Crippen LogP contribution < -0.4 is 21.7 Å². The van der Waals surface area contributed by atoms with Gasteiger partial charge in [-0.15, -0.1) is 0 Å². The summed E-state index contributed by atoms with van der Waals surface area (Å²) in [6.45, 7) is 4.18. The van der Waals surface area contributed by atoms with Crippen molar-refractivity contribution in [1.29, 1.82) is 0 Å². The molecule has 0 saturated carbocycles. The molecule has 0 aliphatic carbocycles.